The number of para-hydroxylation sites is 1. The van der Waals surface area contributed by atoms with Gasteiger partial charge in [0.15, 0.2) is 5.69 Å². The first-order chi connectivity index (χ1) is 16.1. The maximum absolute atomic E-state index is 13.5. The van der Waals surface area contributed by atoms with E-state index in [1.807, 2.05) is 35.2 Å². The van der Waals surface area contributed by atoms with Crippen LogP contribution in [0.15, 0.2) is 73.1 Å². The summed E-state index contributed by atoms with van der Waals surface area (Å²) in [6.07, 6.45) is 3.40. The number of carbonyl (C=O) groups excluding carboxylic acids is 1. The summed E-state index contributed by atoms with van der Waals surface area (Å²) >= 11 is 6.43. The summed E-state index contributed by atoms with van der Waals surface area (Å²) in [5, 5.41) is 9.13. The minimum atomic E-state index is -0.143. The molecule has 1 amide bonds. The number of anilines is 1. The molecule has 3 heterocycles. The number of hydrogen-bond acceptors (Lipinski definition) is 5. The average Bonchev–Trinajstić information content (AvgIpc) is 3.30. The zero-order chi connectivity index (χ0) is 22.8. The third kappa shape index (κ3) is 4.19. The van der Waals surface area contributed by atoms with Crippen molar-refractivity contribution in [1.82, 2.24) is 24.9 Å². The van der Waals surface area contributed by atoms with Crippen LogP contribution in [0.2, 0.25) is 5.02 Å². The third-order valence-corrected chi connectivity index (χ3v) is 6.17. The Balaban J connectivity index is 1.44. The summed E-state index contributed by atoms with van der Waals surface area (Å²) < 4.78 is 1.62. The molecule has 0 aliphatic carbocycles. The van der Waals surface area contributed by atoms with Crippen LogP contribution in [-0.2, 0) is 0 Å². The summed E-state index contributed by atoms with van der Waals surface area (Å²) in [5.41, 5.74) is 4.71. The molecule has 1 fully saturated rings. The van der Waals surface area contributed by atoms with Crippen LogP contribution in [0.4, 0.5) is 5.69 Å². The molecule has 0 spiro atoms. The first kappa shape index (κ1) is 21.2. The molecule has 8 heteroatoms. The Hall–Kier alpha value is -3.71. The summed E-state index contributed by atoms with van der Waals surface area (Å²) in [6.45, 7) is 4.82. The molecule has 1 saturated heterocycles. The predicted octanol–water partition coefficient (Wildman–Crippen LogP) is 4.25. The van der Waals surface area contributed by atoms with Gasteiger partial charge in [0, 0.05) is 49.8 Å². The fraction of sp³-hybridized carbons (Fsp3) is 0.200. The Morgan fingerprint density at radius 3 is 2.39 bits per heavy atom. The largest absolute Gasteiger partial charge is 0.368 e. The lowest BCUT2D eigenvalue weighted by molar-refractivity contribution is 0.0741. The van der Waals surface area contributed by atoms with Crippen molar-refractivity contribution in [3.05, 3.63) is 89.3 Å². The normalized spacial score (nSPS) is 13.9. The van der Waals surface area contributed by atoms with Crippen molar-refractivity contribution in [1.29, 1.82) is 0 Å². The minimum Gasteiger partial charge on any atom is -0.368 e. The molecule has 1 aliphatic rings. The zero-order valence-corrected chi connectivity index (χ0v) is 19.0. The van der Waals surface area contributed by atoms with Gasteiger partial charge in [0.05, 0.1) is 10.7 Å². The van der Waals surface area contributed by atoms with Crippen molar-refractivity contribution >= 4 is 23.2 Å². The number of benzene rings is 2. The second kappa shape index (κ2) is 9.03. The van der Waals surface area contributed by atoms with Crippen LogP contribution >= 0.6 is 11.6 Å². The number of carbonyl (C=O) groups is 1. The Morgan fingerprint density at radius 2 is 1.70 bits per heavy atom. The first-order valence-corrected chi connectivity index (χ1v) is 11.2. The number of aryl methyl sites for hydroxylation is 1. The molecular formula is C25H23ClN6O. The number of pyridine rings is 1. The van der Waals surface area contributed by atoms with Crippen LogP contribution in [-0.4, -0.2) is 57.0 Å². The van der Waals surface area contributed by atoms with Gasteiger partial charge >= 0.3 is 0 Å². The number of nitrogens with zero attached hydrogens (tertiary/aromatic N) is 6. The SMILES string of the molecule is Cc1ccc(N2CCN(C(=O)c3nnn(-c4ccccc4Cl)c3-c3cccnc3)CC2)cc1. The Bertz CT molecular complexity index is 1260. The van der Waals surface area contributed by atoms with Gasteiger partial charge in [-0.15, -0.1) is 5.10 Å². The maximum Gasteiger partial charge on any atom is 0.276 e. The van der Waals surface area contributed by atoms with E-state index in [2.05, 4.69) is 51.4 Å². The van der Waals surface area contributed by atoms with E-state index in [9.17, 15) is 4.79 Å². The molecule has 2 aromatic heterocycles. The highest BCUT2D eigenvalue weighted by Gasteiger charge is 2.29. The van der Waals surface area contributed by atoms with Gasteiger partial charge in [0.2, 0.25) is 0 Å². The van der Waals surface area contributed by atoms with Gasteiger partial charge < -0.3 is 9.80 Å². The summed E-state index contributed by atoms with van der Waals surface area (Å²) in [4.78, 5) is 21.9. The van der Waals surface area contributed by atoms with Gasteiger partial charge in [-0.2, -0.15) is 0 Å². The average molecular weight is 459 g/mol. The molecule has 7 nitrogen and oxygen atoms in total. The summed E-state index contributed by atoms with van der Waals surface area (Å²) in [7, 11) is 0. The molecule has 1 aliphatic heterocycles. The molecule has 0 N–H and O–H groups in total. The smallest absolute Gasteiger partial charge is 0.276 e. The van der Waals surface area contributed by atoms with E-state index in [1.165, 1.54) is 11.3 Å². The lowest BCUT2D eigenvalue weighted by atomic mass is 10.1. The van der Waals surface area contributed by atoms with Crippen molar-refractivity contribution in [3.8, 4) is 16.9 Å². The van der Waals surface area contributed by atoms with Crippen LogP contribution in [0.5, 0.6) is 0 Å². The standard InChI is InChI=1S/C25H23ClN6O/c1-18-8-10-20(11-9-18)30-13-15-31(16-14-30)25(33)23-24(19-5-4-12-27-17-19)32(29-28-23)22-7-3-2-6-21(22)26/h2-12,17H,13-16H2,1H3. The molecule has 0 atom stereocenters. The lowest BCUT2D eigenvalue weighted by Crippen LogP contribution is -2.49. The van der Waals surface area contributed by atoms with E-state index in [0.717, 1.165) is 18.7 Å². The van der Waals surface area contributed by atoms with E-state index in [0.29, 0.717) is 35.2 Å². The molecule has 0 bridgehead atoms. The number of hydrogen-bond donors (Lipinski definition) is 0. The molecule has 5 rings (SSSR count). The predicted molar refractivity (Wildman–Crippen MR) is 129 cm³/mol. The molecule has 2 aromatic carbocycles. The monoisotopic (exact) mass is 458 g/mol. The quantitative estimate of drug-likeness (QED) is 0.457. The van der Waals surface area contributed by atoms with Gasteiger partial charge in [-0.3, -0.25) is 9.78 Å². The molecule has 0 unspecified atom stereocenters. The van der Waals surface area contributed by atoms with E-state index in [4.69, 9.17) is 11.6 Å². The fourth-order valence-corrected chi connectivity index (χ4v) is 4.27. The van der Waals surface area contributed by atoms with Crippen molar-refractivity contribution in [2.75, 3.05) is 31.1 Å². The van der Waals surface area contributed by atoms with Gasteiger partial charge in [-0.1, -0.05) is 46.6 Å². The van der Waals surface area contributed by atoms with Crippen LogP contribution < -0.4 is 4.90 Å². The number of piperazine rings is 1. The number of amides is 1. The molecule has 4 aromatic rings. The van der Waals surface area contributed by atoms with Crippen LogP contribution in [0, 0.1) is 6.92 Å². The Morgan fingerprint density at radius 1 is 0.939 bits per heavy atom. The van der Waals surface area contributed by atoms with Gasteiger partial charge in [0.25, 0.3) is 5.91 Å². The van der Waals surface area contributed by atoms with Crippen molar-refractivity contribution in [2.24, 2.45) is 0 Å². The van der Waals surface area contributed by atoms with E-state index < -0.39 is 0 Å². The van der Waals surface area contributed by atoms with Crippen molar-refractivity contribution in [3.63, 3.8) is 0 Å². The highest BCUT2D eigenvalue weighted by Crippen LogP contribution is 2.29. The Labute approximate surface area is 197 Å². The fourth-order valence-electron chi connectivity index (χ4n) is 4.05. The van der Waals surface area contributed by atoms with Gasteiger partial charge in [-0.05, 0) is 43.3 Å². The maximum atomic E-state index is 13.5. The highest BCUT2D eigenvalue weighted by atomic mass is 35.5. The molecule has 166 valence electrons. The van der Waals surface area contributed by atoms with Crippen molar-refractivity contribution < 1.29 is 4.79 Å². The number of rotatable bonds is 4. The van der Waals surface area contributed by atoms with Crippen LogP contribution in [0.1, 0.15) is 16.1 Å². The van der Waals surface area contributed by atoms with E-state index in [-0.39, 0.29) is 5.91 Å². The zero-order valence-electron chi connectivity index (χ0n) is 18.2. The number of aromatic nitrogens is 4. The van der Waals surface area contributed by atoms with Crippen molar-refractivity contribution in [2.45, 2.75) is 6.92 Å². The first-order valence-electron chi connectivity index (χ1n) is 10.8. The van der Waals surface area contributed by atoms with E-state index in [1.54, 1.807) is 23.1 Å². The molecular weight excluding hydrogens is 436 g/mol. The van der Waals surface area contributed by atoms with E-state index >= 15 is 0 Å². The Kier molecular flexibility index (Phi) is 5.79. The van der Waals surface area contributed by atoms with Crippen LogP contribution in [0.25, 0.3) is 16.9 Å². The highest BCUT2D eigenvalue weighted by molar-refractivity contribution is 6.32. The molecule has 0 radical (unpaired) electrons. The summed E-state index contributed by atoms with van der Waals surface area (Å²) in [5.74, 6) is -0.143. The third-order valence-electron chi connectivity index (χ3n) is 5.85. The topological polar surface area (TPSA) is 67.2 Å². The van der Waals surface area contributed by atoms with Gasteiger partial charge in [-0.25, -0.2) is 4.68 Å². The molecule has 0 saturated carbocycles. The van der Waals surface area contributed by atoms with Crippen LogP contribution in [0.3, 0.4) is 0 Å². The molecule has 33 heavy (non-hydrogen) atoms. The van der Waals surface area contributed by atoms with Gasteiger partial charge in [0.1, 0.15) is 5.69 Å². The second-order valence-electron chi connectivity index (χ2n) is 8.01. The number of halogens is 1. The lowest BCUT2D eigenvalue weighted by Gasteiger charge is -2.36. The minimum absolute atomic E-state index is 0.143. The summed E-state index contributed by atoms with van der Waals surface area (Å²) in [6, 6.07) is 19.6. The second-order valence-corrected chi connectivity index (χ2v) is 8.41.